The molecule has 1 fully saturated rings. The summed E-state index contributed by atoms with van der Waals surface area (Å²) in [6.45, 7) is -0.0307. The molecule has 0 atom stereocenters. The number of rotatable bonds is 4. The normalized spacial score (nSPS) is 16.7. The molecular weight excluding hydrogens is 427 g/mol. The van der Waals surface area contributed by atoms with Crippen molar-refractivity contribution < 1.29 is 32.6 Å². The average Bonchev–Trinajstić information content (AvgIpc) is 2.37. The van der Waals surface area contributed by atoms with Crippen molar-refractivity contribution in [1.82, 2.24) is 0 Å². The molecule has 0 aliphatic carbocycles. The summed E-state index contributed by atoms with van der Waals surface area (Å²) in [5.74, 6) is -2.94. The number of benzene rings is 1. The fraction of sp³-hybridized carbons (Fsp3) is 0.286. The number of hydrogen-bond acceptors (Lipinski definition) is 6. The second kappa shape index (κ2) is 6.69. The second-order valence-electron chi connectivity index (χ2n) is 4.90. The maximum atomic E-state index is 12.1. The van der Waals surface area contributed by atoms with E-state index in [1.165, 1.54) is 32.0 Å². The third kappa shape index (κ3) is 4.53. The number of hydrogen-bond donors (Lipinski definition) is 1. The van der Waals surface area contributed by atoms with Gasteiger partial charge in [-0.2, -0.15) is 8.78 Å². The molecule has 0 bridgehead atoms. The van der Waals surface area contributed by atoms with Crippen LogP contribution in [0.25, 0.3) is 0 Å². The lowest BCUT2D eigenvalue weighted by atomic mass is 10.2. The van der Waals surface area contributed by atoms with Gasteiger partial charge < -0.3 is 19.5 Å². The summed E-state index contributed by atoms with van der Waals surface area (Å²) in [5, 5.41) is 2.74. The largest absolute Gasteiger partial charge is 0.435 e. The van der Waals surface area contributed by atoms with E-state index in [1.54, 1.807) is 0 Å². The maximum absolute atomic E-state index is 12.1. The molecule has 124 valence electrons. The molecule has 0 radical (unpaired) electrons. The Morgan fingerprint density at radius 2 is 1.87 bits per heavy atom. The van der Waals surface area contributed by atoms with E-state index < -0.39 is 24.3 Å². The van der Waals surface area contributed by atoms with Crippen LogP contribution in [0.1, 0.15) is 13.8 Å². The number of carbonyl (C=O) groups is 2. The van der Waals surface area contributed by atoms with E-state index in [1.807, 2.05) is 22.6 Å². The van der Waals surface area contributed by atoms with Crippen molar-refractivity contribution in [3.05, 3.63) is 33.5 Å². The first-order chi connectivity index (χ1) is 10.7. The van der Waals surface area contributed by atoms with Crippen LogP contribution in [0, 0.1) is 3.57 Å². The molecule has 23 heavy (non-hydrogen) atoms. The lowest BCUT2D eigenvalue weighted by molar-refractivity contribution is -0.222. The quantitative estimate of drug-likeness (QED) is 0.337. The van der Waals surface area contributed by atoms with Crippen molar-refractivity contribution in [2.45, 2.75) is 26.2 Å². The lowest BCUT2D eigenvalue weighted by Gasteiger charge is -2.29. The third-order valence-electron chi connectivity index (χ3n) is 2.65. The Hall–Kier alpha value is -1.91. The minimum absolute atomic E-state index is 0.000776. The topological polar surface area (TPSA) is 73.9 Å². The molecule has 1 aromatic carbocycles. The number of carbonyl (C=O) groups excluding carboxylic acids is 2. The molecule has 2 rings (SSSR count). The van der Waals surface area contributed by atoms with Crippen LogP contribution < -0.4 is 10.1 Å². The Bertz CT molecular complexity index is 653. The predicted molar refractivity (Wildman–Crippen MR) is 83.8 cm³/mol. The first kappa shape index (κ1) is 17.4. The Labute approximate surface area is 143 Å². The van der Waals surface area contributed by atoms with E-state index in [4.69, 9.17) is 9.47 Å². The minimum atomic E-state index is -2.91. The standard InChI is InChI=1S/C14H12F2INO5/c1-14(2)22-11(19)8(12(20)23-14)6-18-10-4-3-7(5-9(10)17)21-13(15)16/h3-6,13,18H,1-2H3. The van der Waals surface area contributed by atoms with E-state index >= 15 is 0 Å². The van der Waals surface area contributed by atoms with Crippen molar-refractivity contribution in [3.63, 3.8) is 0 Å². The van der Waals surface area contributed by atoms with E-state index in [0.717, 1.165) is 6.20 Å². The fourth-order valence-corrected chi connectivity index (χ4v) is 2.36. The van der Waals surface area contributed by atoms with Crippen LogP contribution in [0.2, 0.25) is 0 Å². The molecular formula is C14H12F2INO5. The van der Waals surface area contributed by atoms with Crippen LogP contribution in [0.4, 0.5) is 14.5 Å². The van der Waals surface area contributed by atoms with Gasteiger partial charge in [0, 0.05) is 23.6 Å². The summed E-state index contributed by atoms with van der Waals surface area (Å²) in [6.07, 6.45) is 1.14. The van der Waals surface area contributed by atoms with Crippen molar-refractivity contribution >= 4 is 40.2 Å². The average molecular weight is 439 g/mol. The second-order valence-corrected chi connectivity index (χ2v) is 6.06. The number of nitrogens with one attached hydrogen (secondary N) is 1. The summed E-state index contributed by atoms with van der Waals surface area (Å²) in [5.41, 5.74) is 0.193. The van der Waals surface area contributed by atoms with Crippen LogP contribution in [-0.4, -0.2) is 24.3 Å². The van der Waals surface area contributed by atoms with Crippen LogP contribution in [-0.2, 0) is 19.1 Å². The molecule has 1 N–H and O–H groups in total. The molecule has 0 amide bonds. The molecule has 0 spiro atoms. The van der Waals surface area contributed by atoms with Crippen molar-refractivity contribution in [3.8, 4) is 5.75 Å². The first-order valence-electron chi connectivity index (χ1n) is 6.36. The summed E-state index contributed by atoms with van der Waals surface area (Å²) in [6, 6.07) is 4.18. The van der Waals surface area contributed by atoms with E-state index in [-0.39, 0.29) is 11.3 Å². The number of cyclic esters (lactones) is 2. The summed E-state index contributed by atoms with van der Waals surface area (Å²) < 4.78 is 39.0. The highest BCUT2D eigenvalue weighted by molar-refractivity contribution is 14.1. The van der Waals surface area contributed by atoms with Gasteiger partial charge in [-0.05, 0) is 40.8 Å². The van der Waals surface area contributed by atoms with Gasteiger partial charge in [-0.3, -0.25) is 0 Å². The number of ether oxygens (including phenoxy) is 3. The molecule has 1 aliphatic heterocycles. The Kier molecular flexibility index (Phi) is 5.07. The van der Waals surface area contributed by atoms with E-state index in [0.29, 0.717) is 9.26 Å². The maximum Gasteiger partial charge on any atom is 0.387 e. The number of anilines is 1. The molecule has 1 aromatic rings. The Balaban J connectivity index is 2.14. The van der Waals surface area contributed by atoms with Crippen LogP contribution in [0.15, 0.2) is 30.0 Å². The molecule has 0 unspecified atom stereocenters. The number of esters is 2. The molecule has 1 heterocycles. The lowest BCUT2D eigenvalue weighted by Crippen LogP contribution is -2.42. The zero-order chi connectivity index (χ0) is 17.2. The molecule has 0 saturated carbocycles. The highest BCUT2D eigenvalue weighted by Crippen LogP contribution is 2.26. The van der Waals surface area contributed by atoms with Gasteiger partial charge in [0.05, 0.1) is 5.69 Å². The van der Waals surface area contributed by atoms with E-state index in [9.17, 15) is 18.4 Å². The Morgan fingerprint density at radius 1 is 1.26 bits per heavy atom. The molecule has 0 aromatic heterocycles. The van der Waals surface area contributed by atoms with Crippen molar-refractivity contribution in [2.24, 2.45) is 0 Å². The Morgan fingerprint density at radius 3 is 2.39 bits per heavy atom. The van der Waals surface area contributed by atoms with Gasteiger partial charge in [0.25, 0.3) is 5.79 Å². The predicted octanol–water partition coefficient (Wildman–Crippen LogP) is 3.02. The summed E-state index contributed by atoms with van der Waals surface area (Å²) >= 11 is 1.89. The summed E-state index contributed by atoms with van der Waals surface area (Å²) in [4.78, 5) is 23.5. The van der Waals surface area contributed by atoms with Crippen LogP contribution in [0.3, 0.4) is 0 Å². The SMILES string of the molecule is CC1(C)OC(=O)C(=CNc2ccc(OC(F)F)cc2I)C(=O)O1. The van der Waals surface area contributed by atoms with Gasteiger partial charge in [-0.15, -0.1) is 0 Å². The molecule has 9 heteroatoms. The van der Waals surface area contributed by atoms with Crippen LogP contribution in [0.5, 0.6) is 5.75 Å². The minimum Gasteiger partial charge on any atom is -0.435 e. The smallest absolute Gasteiger partial charge is 0.387 e. The van der Waals surface area contributed by atoms with Crippen molar-refractivity contribution in [1.29, 1.82) is 0 Å². The van der Waals surface area contributed by atoms with Crippen molar-refractivity contribution in [2.75, 3.05) is 5.32 Å². The zero-order valence-corrected chi connectivity index (χ0v) is 14.2. The van der Waals surface area contributed by atoms with Gasteiger partial charge in [-0.1, -0.05) is 0 Å². The van der Waals surface area contributed by atoms with Gasteiger partial charge in [0.1, 0.15) is 5.75 Å². The van der Waals surface area contributed by atoms with Gasteiger partial charge in [-0.25, -0.2) is 9.59 Å². The third-order valence-corrected chi connectivity index (χ3v) is 3.55. The van der Waals surface area contributed by atoms with E-state index in [2.05, 4.69) is 10.1 Å². The molecule has 1 aliphatic rings. The zero-order valence-electron chi connectivity index (χ0n) is 12.1. The molecule has 6 nitrogen and oxygen atoms in total. The highest BCUT2D eigenvalue weighted by Gasteiger charge is 2.38. The first-order valence-corrected chi connectivity index (χ1v) is 7.43. The summed E-state index contributed by atoms with van der Waals surface area (Å²) in [7, 11) is 0. The fourth-order valence-electron chi connectivity index (χ4n) is 1.72. The van der Waals surface area contributed by atoms with Gasteiger partial charge >= 0.3 is 18.6 Å². The van der Waals surface area contributed by atoms with Gasteiger partial charge in [0.15, 0.2) is 5.57 Å². The monoisotopic (exact) mass is 439 g/mol. The highest BCUT2D eigenvalue weighted by atomic mass is 127. The van der Waals surface area contributed by atoms with Gasteiger partial charge in [0.2, 0.25) is 0 Å². The number of alkyl halides is 2. The van der Waals surface area contributed by atoms with Crippen LogP contribution >= 0.6 is 22.6 Å². The number of halogens is 3. The molecule has 1 saturated heterocycles.